The van der Waals surface area contributed by atoms with Crippen molar-refractivity contribution in [1.29, 1.82) is 0 Å². The molecular formula is C15H23NO3. The highest BCUT2D eigenvalue weighted by molar-refractivity contribution is 5.42. The predicted molar refractivity (Wildman–Crippen MR) is 74.8 cm³/mol. The third kappa shape index (κ3) is 3.39. The van der Waals surface area contributed by atoms with Gasteiger partial charge in [0.1, 0.15) is 0 Å². The standard InChI is InChI=1S/C15H23NO3/c1-17-13-6-4-5-12(13)16-10-11-7-8-14(18-2)15(9-11)19-3/h7-9,12-13,16H,4-6,10H2,1-3H3. The molecule has 2 rings (SSSR count). The van der Waals surface area contributed by atoms with Gasteiger partial charge in [0, 0.05) is 19.7 Å². The van der Waals surface area contributed by atoms with Crippen LogP contribution in [0.5, 0.6) is 11.5 Å². The van der Waals surface area contributed by atoms with E-state index >= 15 is 0 Å². The fraction of sp³-hybridized carbons (Fsp3) is 0.600. The summed E-state index contributed by atoms with van der Waals surface area (Å²) in [6.07, 6.45) is 3.92. The Kier molecular flexibility index (Phi) is 5.05. The molecular weight excluding hydrogens is 242 g/mol. The van der Waals surface area contributed by atoms with E-state index in [1.165, 1.54) is 18.4 Å². The van der Waals surface area contributed by atoms with Crippen LogP contribution in [0.1, 0.15) is 24.8 Å². The lowest BCUT2D eigenvalue weighted by Crippen LogP contribution is -2.36. The molecule has 0 radical (unpaired) electrons. The van der Waals surface area contributed by atoms with Crippen molar-refractivity contribution in [2.75, 3.05) is 21.3 Å². The molecule has 0 amide bonds. The number of ether oxygens (including phenoxy) is 3. The second kappa shape index (κ2) is 6.78. The van der Waals surface area contributed by atoms with E-state index in [9.17, 15) is 0 Å². The highest BCUT2D eigenvalue weighted by atomic mass is 16.5. The van der Waals surface area contributed by atoms with Gasteiger partial charge in [-0.1, -0.05) is 6.07 Å². The van der Waals surface area contributed by atoms with Crippen LogP contribution in [0.4, 0.5) is 0 Å². The number of nitrogens with one attached hydrogen (secondary N) is 1. The van der Waals surface area contributed by atoms with Crippen LogP contribution < -0.4 is 14.8 Å². The number of hydrogen-bond acceptors (Lipinski definition) is 4. The third-order valence-corrected chi connectivity index (χ3v) is 3.77. The first-order valence-corrected chi connectivity index (χ1v) is 6.75. The van der Waals surface area contributed by atoms with Crippen molar-refractivity contribution in [2.45, 2.75) is 38.0 Å². The highest BCUT2D eigenvalue weighted by Gasteiger charge is 2.26. The maximum atomic E-state index is 5.49. The maximum Gasteiger partial charge on any atom is 0.161 e. The zero-order chi connectivity index (χ0) is 13.7. The van der Waals surface area contributed by atoms with Gasteiger partial charge in [-0.25, -0.2) is 0 Å². The van der Waals surface area contributed by atoms with Gasteiger partial charge < -0.3 is 19.5 Å². The van der Waals surface area contributed by atoms with E-state index in [4.69, 9.17) is 14.2 Å². The Labute approximate surface area is 115 Å². The maximum absolute atomic E-state index is 5.49. The normalized spacial score (nSPS) is 22.5. The lowest BCUT2D eigenvalue weighted by molar-refractivity contribution is 0.0847. The van der Waals surface area contributed by atoms with Crippen LogP contribution >= 0.6 is 0 Å². The summed E-state index contributed by atoms with van der Waals surface area (Å²) >= 11 is 0. The lowest BCUT2D eigenvalue weighted by atomic mass is 10.1. The van der Waals surface area contributed by atoms with E-state index in [0.29, 0.717) is 12.1 Å². The quantitative estimate of drug-likeness (QED) is 0.857. The fourth-order valence-corrected chi connectivity index (χ4v) is 2.68. The molecule has 19 heavy (non-hydrogen) atoms. The summed E-state index contributed by atoms with van der Waals surface area (Å²) in [5, 5.41) is 3.57. The largest absolute Gasteiger partial charge is 0.493 e. The molecule has 0 saturated heterocycles. The smallest absolute Gasteiger partial charge is 0.161 e. The van der Waals surface area contributed by atoms with Crippen molar-refractivity contribution in [2.24, 2.45) is 0 Å². The summed E-state index contributed by atoms with van der Waals surface area (Å²) in [7, 11) is 5.10. The van der Waals surface area contributed by atoms with Crippen molar-refractivity contribution in [1.82, 2.24) is 5.32 Å². The van der Waals surface area contributed by atoms with Crippen LogP contribution in [0.25, 0.3) is 0 Å². The van der Waals surface area contributed by atoms with Crippen LogP contribution in [0.2, 0.25) is 0 Å². The lowest BCUT2D eigenvalue weighted by Gasteiger charge is -2.20. The number of rotatable bonds is 6. The average molecular weight is 265 g/mol. The Morgan fingerprint density at radius 2 is 1.89 bits per heavy atom. The summed E-state index contributed by atoms with van der Waals surface area (Å²) in [4.78, 5) is 0. The Morgan fingerprint density at radius 3 is 2.58 bits per heavy atom. The molecule has 4 heteroatoms. The van der Waals surface area contributed by atoms with Gasteiger partial charge in [-0.05, 0) is 37.0 Å². The topological polar surface area (TPSA) is 39.7 Å². The molecule has 0 bridgehead atoms. The molecule has 1 aliphatic rings. The highest BCUT2D eigenvalue weighted by Crippen LogP contribution is 2.28. The van der Waals surface area contributed by atoms with Gasteiger partial charge >= 0.3 is 0 Å². The molecule has 0 spiro atoms. The predicted octanol–water partition coefficient (Wildman–Crippen LogP) is 2.36. The van der Waals surface area contributed by atoms with Crippen molar-refractivity contribution in [3.63, 3.8) is 0 Å². The fourth-order valence-electron chi connectivity index (χ4n) is 2.68. The molecule has 0 aliphatic heterocycles. The molecule has 1 N–H and O–H groups in total. The second-order valence-corrected chi connectivity index (χ2v) is 4.88. The molecule has 0 heterocycles. The van der Waals surface area contributed by atoms with E-state index < -0.39 is 0 Å². The molecule has 1 aromatic rings. The number of benzene rings is 1. The van der Waals surface area contributed by atoms with Crippen LogP contribution in [0.15, 0.2) is 18.2 Å². The Balaban J connectivity index is 1.96. The first-order chi connectivity index (χ1) is 9.28. The molecule has 1 fully saturated rings. The number of hydrogen-bond donors (Lipinski definition) is 1. The Morgan fingerprint density at radius 1 is 1.11 bits per heavy atom. The first-order valence-electron chi connectivity index (χ1n) is 6.75. The Hall–Kier alpha value is -1.26. The number of methoxy groups -OCH3 is 3. The van der Waals surface area contributed by atoms with Crippen LogP contribution in [-0.4, -0.2) is 33.5 Å². The Bertz CT molecular complexity index is 408. The van der Waals surface area contributed by atoms with Crippen LogP contribution in [-0.2, 0) is 11.3 Å². The van der Waals surface area contributed by atoms with Gasteiger partial charge in [0.25, 0.3) is 0 Å². The summed E-state index contributed by atoms with van der Waals surface area (Å²) in [6, 6.07) is 6.48. The first kappa shape index (κ1) is 14.2. The van der Waals surface area contributed by atoms with Crippen molar-refractivity contribution < 1.29 is 14.2 Å². The van der Waals surface area contributed by atoms with E-state index in [0.717, 1.165) is 24.5 Å². The molecule has 1 saturated carbocycles. The summed E-state index contributed by atoms with van der Waals surface area (Å²) in [5.41, 5.74) is 1.19. The van der Waals surface area contributed by atoms with E-state index in [1.54, 1.807) is 21.3 Å². The van der Waals surface area contributed by atoms with E-state index in [1.807, 2.05) is 12.1 Å². The third-order valence-electron chi connectivity index (χ3n) is 3.77. The van der Waals surface area contributed by atoms with Gasteiger partial charge in [0.05, 0.1) is 20.3 Å². The summed E-state index contributed by atoms with van der Waals surface area (Å²) in [5.74, 6) is 1.54. The van der Waals surface area contributed by atoms with Gasteiger partial charge in [-0.15, -0.1) is 0 Å². The van der Waals surface area contributed by atoms with E-state index in [2.05, 4.69) is 11.4 Å². The SMILES string of the molecule is COc1ccc(CNC2CCCC2OC)cc1OC. The monoisotopic (exact) mass is 265 g/mol. The van der Waals surface area contributed by atoms with Crippen molar-refractivity contribution in [3.8, 4) is 11.5 Å². The zero-order valence-electron chi connectivity index (χ0n) is 11.9. The summed E-state index contributed by atoms with van der Waals surface area (Å²) in [6.45, 7) is 0.824. The molecule has 4 nitrogen and oxygen atoms in total. The summed E-state index contributed by atoms with van der Waals surface area (Å²) < 4.78 is 16.0. The minimum Gasteiger partial charge on any atom is -0.493 e. The van der Waals surface area contributed by atoms with E-state index in [-0.39, 0.29) is 0 Å². The minimum atomic E-state index is 0.347. The molecule has 1 aromatic carbocycles. The van der Waals surface area contributed by atoms with Gasteiger partial charge in [-0.3, -0.25) is 0 Å². The molecule has 1 aliphatic carbocycles. The zero-order valence-corrected chi connectivity index (χ0v) is 11.9. The van der Waals surface area contributed by atoms with Gasteiger partial charge in [0.15, 0.2) is 11.5 Å². The molecule has 2 atom stereocenters. The molecule has 2 unspecified atom stereocenters. The van der Waals surface area contributed by atoms with Crippen LogP contribution in [0, 0.1) is 0 Å². The molecule has 106 valence electrons. The van der Waals surface area contributed by atoms with Crippen LogP contribution in [0.3, 0.4) is 0 Å². The molecule has 0 aromatic heterocycles. The second-order valence-electron chi connectivity index (χ2n) is 4.88. The van der Waals surface area contributed by atoms with Gasteiger partial charge in [0.2, 0.25) is 0 Å². The average Bonchev–Trinajstić information content (AvgIpc) is 2.92. The van der Waals surface area contributed by atoms with Gasteiger partial charge in [-0.2, -0.15) is 0 Å². The van der Waals surface area contributed by atoms with Crippen molar-refractivity contribution in [3.05, 3.63) is 23.8 Å². The minimum absolute atomic E-state index is 0.347. The van der Waals surface area contributed by atoms with Crippen molar-refractivity contribution >= 4 is 0 Å².